The first-order valence-electron chi connectivity index (χ1n) is 5.99. The van der Waals surface area contributed by atoms with E-state index in [2.05, 4.69) is 20.8 Å². The third-order valence-corrected chi connectivity index (χ3v) is 2.45. The summed E-state index contributed by atoms with van der Waals surface area (Å²) in [6.45, 7) is 5.35. The average molecular weight is 269 g/mol. The van der Waals surface area contributed by atoms with Crippen LogP contribution in [0, 0.1) is 12.8 Å². The molecule has 0 aliphatic carbocycles. The van der Waals surface area contributed by atoms with E-state index >= 15 is 0 Å². The van der Waals surface area contributed by atoms with E-state index in [-0.39, 0.29) is 30.8 Å². The van der Waals surface area contributed by atoms with Crippen LogP contribution < -0.4 is 16.4 Å². The minimum absolute atomic E-state index is 0.0180. The smallest absolute Gasteiger partial charge is 0.246 e. The van der Waals surface area contributed by atoms with Crippen molar-refractivity contribution in [3.05, 3.63) is 11.7 Å². The zero-order valence-corrected chi connectivity index (χ0v) is 11.3. The monoisotopic (exact) mass is 269 g/mol. The normalized spacial score (nSPS) is 12.3. The van der Waals surface area contributed by atoms with Crippen LogP contribution in [0.3, 0.4) is 0 Å². The number of aryl methyl sites for hydroxylation is 1. The second kappa shape index (κ2) is 6.83. The molecule has 1 rings (SSSR count). The van der Waals surface area contributed by atoms with Gasteiger partial charge in [0.1, 0.15) is 0 Å². The molecule has 8 nitrogen and oxygen atoms in total. The summed E-state index contributed by atoms with van der Waals surface area (Å²) in [6.07, 6.45) is 0. The molecule has 106 valence electrons. The number of hydrogen-bond acceptors (Lipinski definition) is 6. The minimum atomic E-state index is -0.619. The van der Waals surface area contributed by atoms with Crippen molar-refractivity contribution in [3.8, 4) is 0 Å². The van der Waals surface area contributed by atoms with Crippen LogP contribution >= 0.6 is 0 Å². The second-order valence-corrected chi connectivity index (χ2v) is 4.50. The Morgan fingerprint density at radius 2 is 2.05 bits per heavy atom. The van der Waals surface area contributed by atoms with Crippen LogP contribution in [-0.4, -0.2) is 34.5 Å². The second-order valence-electron chi connectivity index (χ2n) is 4.50. The molecule has 19 heavy (non-hydrogen) atoms. The quantitative estimate of drug-likeness (QED) is 0.614. The van der Waals surface area contributed by atoms with Crippen molar-refractivity contribution in [2.75, 3.05) is 6.54 Å². The molecule has 0 aromatic carbocycles. The van der Waals surface area contributed by atoms with E-state index in [1.54, 1.807) is 6.92 Å². The van der Waals surface area contributed by atoms with Crippen LogP contribution in [0.1, 0.15) is 25.6 Å². The van der Waals surface area contributed by atoms with Crippen LogP contribution in [0.5, 0.6) is 0 Å². The summed E-state index contributed by atoms with van der Waals surface area (Å²) in [5.41, 5.74) is 5.64. The predicted octanol–water partition coefficient (Wildman–Crippen LogP) is -0.906. The van der Waals surface area contributed by atoms with Gasteiger partial charge in [-0.1, -0.05) is 19.0 Å². The molecule has 0 spiro atoms. The van der Waals surface area contributed by atoms with Gasteiger partial charge in [-0.3, -0.25) is 9.59 Å². The number of amides is 2. The molecular weight excluding hydrogens is 250 g/mol. The highest BCUT2D eigenvalue weighted by Gasteiger charge is 2.17. The molecule has 0 unspecified atom stereocenters. The number of hydrogen-bond donors (Lipinski definition) is 3. The number of nitrogens with zero attached hydrogens (tertiary/aromatic N) is 2. The maximum atomic E-state index is 11.5. The average Bonchev–Trinajstić information content (AvgIpc) is 2.78. The van der Waals surface area contributed by atoms with Gasteiger partial charge >= 0.3 is 0 Å². The highest BCUT2D eigenvalue weighted by molar-refractivity contribution is 5.87. The van der Waals surface area contributed by atoms with Crippen LogP contribution in [0.2, 0.25) is 0 Å². The molecule has 0 aliphatic rings. The van der Waals surface area contributed by atoms with Crippen LogP contribution in [0.15, 0.2) is 4.52 Å². The summed E-state index contributed by atoms with van der Waals surface area (Å²) in [6, 6.07) is -0.619. The minimum Gasteiger partial charge on any atom is -0.346 e. The van der Waals surface area contributed by atoms with Gasteiger partial charge in [0.05, 0.1) is 19.1 Å². The van der Waals surface area contributed by atoms with E-state index < -0.39 is 6.04 Å². The molecule has 8 heteroatoms. The Hall–Kier alpha value is -1.96. The highest BCUT2D eigenvalue weighted by atomic mass is 16.5. The summed E-state index contributed by atoms with van der Waals surface area (Å²) in [5.74, 6) is 0.139. The van der Waals surface area contributed by atoms with E-state index in [1.807, 2.05) is 13.8 Å². The number of nitrogens with one attached hydrogen (secondary N) is 2. The SMILES string of the molecule is Cc1noc(CNC(=O)CNC(=O)[C@@H](N)C(C)C)n1. The van der Waals surface area contributed by atoms with Crippen LogP contribution in [0.25, 0.3) is 0 Å². The largest absolute Gasteiger partial charge is 0.346 e. The summed E-state index contributed by atoms with van der Waals surface area (Å²) < 4.78 is 4.83. The van der Waals surface area contributed by atoms with Gasteiger partial charge in [0.2, 0.25) is 17.7 Å². The summed E-state index contributed by atoms with van der Waals surface area (Å²) in [5, 5.41) is 8.60. The first-order valence-corrected chi connectivity index (χ1v) is 5.99. The third kappa shape index (κ3) is 5.04. The first-order chi connectivity index (χ1) is 8.90. The van der Waals surface area contributed by atoms with Crippen LogP contribution in [-0.2, 0) is 16.1 Å². The van der Waals surface area contributed by atoms with Crippen molar-refractivity contribution in [3.63, 3.8) is 0 Å². The molecule has 1 atom stereocenters. The van der Waals surface area contributed by atoms with Gasteiger partial charge in [0.25, 0.3) is 0 Å². The van der Waals surface area contributed by atoms with Gasteiger partial charge in [0, 0.05) is 0 Å². The lowest BCUT2D eigenvalue weighted by atomic mass is 10.1. The molecule has 1 aromatic heterocycles. The van der Waals surface area contributed by atoms with E-state index in [4.69, 9.17) is 10.3 Å². The molecule has 1 aromatic rings. The lowest BCUT2D eigenvalue weighted by Gasteiger charge is -2.14. The van der Waals surface area contributed by atoms with Crippen molar-refractivity contribution in [2.45, 2.75) is 33.4 Å². The number of nitrogens with two attached hydrogens (primary N) is 1. The van der Waals surface area contributed by atoms with E-state index in [1.165, 1.54) is 0 Å². The Bertz CT molecular complexity index is 443. The Labute approximate surface area is 111 Å². The molecule has 0 fully saturated rings. The zero-order valence-electron chi connectivity index (χ0n) is 11.3. The summed E-state index contributed by atoms with van der Waals surface area (Å²) in [7, 11) is 0. The molecule has 0 radical (unpaired) electrons. The van der Waals surface area contributed by atoms with Gasteiger partial charge in [0.15, 0.2) is 5.82 Å². The van der Waals surface area contributed by atoms with Crippen LogP contribution in [0.4, 0.5) is 0 Å². The van der Waals surface area contributed by atoms with E-state index in [9.17, 15) is 9.59 Å². The summed E-state index contributed by atoms with van der Waals surface area (Å²) >= 11 is 0. The molecule has 1 heterocycles. The Morgan fingerprint density at radius 3 is 2.58 bits per heavy atom. The summed E-state index contributed by atoms with van der Waals surface area (Å²) in [4.78, 5) is 26.9. The Balaban J connectivity index is 2.26. The Morgan fingerprint density at radius 1 is 1.37 bits per heavy atom. The standard InChI is InChI=1S/C11H19N5O3/c1-6(2)10(12)11(18)14-4-8(17)13-5-9-15-7(3)16-19-9/h6,10H,4-5,12H2,1-3H3,(H,13,17)(H,14,18)/t10-/m0/s1. The number of carbonyl (C=O) groups is 2. The number of aromatic nitrogens is 2. The predicted molar refractivity (Wildman–Crippen MR) is 66.7 cm³/mol. The van der Waals surface area contributed by atoms with Crippen molar-refractivity contribution in [1.29, 1.82) is 0 Å². The molecule has 0 saturated carbocycles. The molecule has 0 saturated heterocycles. The van der Waals surface area contributed by atoms with Gasteiger partial charge in [-0.15, -0.1) is 0 Å². The zero-order chi connectivity index (χ0) is 14.4. The van der Waals surface area contributed by atoms with Gasteiger partial charge in [-0.05, 0) is 12.8 Å². The molecule has 0 bridgehead atoms. The van der Waals surface area contributed by atoms with Crippen molar-refractivity contribution in [1.82, 2.24) is 20.8 Å². The third-order valence-electron chi connectivity index (χ3n) is 2.45. The van der Waals surface area contributed by atoms with E-state index in [0.29, 0.717) is 11.7 Å². The van der Waals surface area contributed by atoms with Gasteiger partial charge in [-0.25, -0.2) is 0 Å². The highest BCUT2D eigenvalue weighted by Crippen LogP contribution is 1.97. The molecule has 4 N–H and O–H groups in total. The van der Waals surface area contributed by atoms with Gasteiger partial charge in [-0.2, -0.15) is 4.98 Å². The molecular formula is C11H19N5O3. The number of carbonyl (C=O) groups excluding carboxylic acids is 2. The maximum absolute atomic E-state index is 11.5. The molecule has 0 aliphatic heterocycles. The lowest BCUT2D eigenvalue weighted by molar-refractivity contribution is -0.127. The first kappa shape index (κ1) is 15.1. The topological polar surface area (TPSA) is 123 Å². The van der Waals surface area contributed by atoms with Gasteiger partial charge < -0.3 is 20.9 Å². The molecule has 2 amide bonds. The van der Waals surface area contributed by atoms with E-state index in [0.717, 1.165) is 0 Å². The fourth-order valence-electron chi connectivity index (χ4n) is 1.24. The van der Waals surface area contributed by atoms with Crippen molar-refractivity contribution < 1.29 is 14.1 Å². The maximum Gasteiger partial charge on any atom is 0.246 e. The lowest BCUT2D eigenvalue weighted by Crippen LogP contribution is -2.47. The fraction of sp³-hybridized carbons (Fsp3) is 0.636. The Kier molecular flexibility index (Phi) is 5.43. The van der Waals surface area contributed by atoms with Crippen molar-refractivity contribution >= 4 is 11.8 Å². The van der Waals surface area contributed by atoms with Crippen molar-refractivity contribution in [2.24, 2.45) is 11.7 Å². The number of rotatable bonds is 6. The fourth-order valence-corrected chi connectivity index (χ4v) is 1.24.